The Morgan fingerprint density at radius 3 is 1.89 bits per heavy atom. The third-order valence-electron chi connectivity index (χ3n) is 4.08. The summed E-state index contributed by atoms with van der Waals surface area (Å²) in [6.45, 7) is 5.24. The van der Waals surface area contributed by atoms with Gasteiger partial charge in [-0.1, -0.05) is 12.1 Å². The molecule has 0 spiro atoms. The van der Waals surface area contributed by atoms with Crippen LogP contribution in [-0.2, 0) is 26.7 Å². The van der Waals surface area contributed by atoms with Crippen LogP contribution in [0, 0.1) is 0 Å². The lowest BCUT2D eigenvalue weighted by Crippen LogP contribution is -2.36. The normalized spacial score (nSPS) is 12.4. The molecule has 0 saturated heterocycles. The first kappa shape index (κ1) is 22.2. The molecule has 28 heavy (non-hydrogen) atoms. The Morgan fingerprint density at radius 1 is 0.893 bits per heavy atom. The van der Waals surface area contributed by atoms with E-state index in [0.29, 0.717) is 11.3 Å². The zero-order valence-electron chi connectivity index (χ0n) is 16.3. The number of ether oxygens (including phenoxy) is 1. The Kier molecular flexibility index (Phi) is 7.08. The molecule has 0 saturated carbocycles. The number of methoxy groups -OCH3 is 1. The second-order valence-electron chi connectivity index (χ2n) is 6.39. The molecule has 154 valence electrons. The molecule has 0 aliphatic heterocycles. The van der Waals surface area contributed by atoms with Crippen molar-refractivity contribution >= 4 is 20.1 Å². The minimum Gasteiger partial charge on any atom is -0.497 e. The summed E-state index contributed by atoms with van der Waals surface area (Å²) in [5.41, 5.74) is 0.715. The number of nitrogens with zero attached hydrogens (tertiary/aromatic N) is 1. The van der Waals surface area contributed by atoms with Gasteiger partial charge in [0.1, 0.15) is 11.5 Å². The maximum atomic E-state index is 13.1. The molecule has 0 aliphatic rings. The quantitative estimate of drug-likeness (QED) is 0.572. The van der Waals surface area contributed by atoms with Gasteiger partial charge in [0.05, 0.1) is 17.8 Å². The second kappa shape index (κ2) is 8.93. The predicted octanol–water partition coefficient (Wildman–Crippen LogP) is 3.02. The Hall–Kier alpha value is -2.10. The molecule has 0 aromatic heterocycles. The van der Waals surface area contributed by atoms with Gasteiger partial charge in [-0.25, -0.2) is 8.42 Å². The van der Waals surface area contributed by atoms with E-state index in [1.54, 1.807) is 38.1 Å². The van der Waals surface area contributed by atoms with Gasteiger partial charge in [-0.15, -0.1) is 0 Å². The van der Waals surface area contributed by atoms with Crippen LogP contribution in [0.3, 0.4) is 0 Å². The van der Waals surface area contributed by atoms with E-state index in [2.05, 4.69) is 0 Å². The molecule has 7 nitrogen and oxygen atoms in total. The minimum absolute atomic E-state index is 0.129. The van der Waals surface area contributed by atoms with E-state index in [9.17, 15) is 16.8 Å². The van der Waals surface area contributed by atoms with Crippen LogP contribution < -0.4 is 8.92 Å². The molecule has 0 unspecified atom stereocenters. The first-order valence-corrected chi connectivity index (χ1v) is 11.8. The predicted molar refractivity (Wildman–Crippen MR) is 107 cm³/mol. The zero-order chi connectivity index (χ0) is 20.9. The Bertz CT molecular complexity index is 982. The van der Waals surface area contributed by atoms with E-state index in [0.717, 1.165) is 0 Å². The van der Waals surface area contributed by atoms with Crippen molar-refractivity contribution in [2.75, 3.05) is 12.9 Å². The number of hydrogen-bond donors (Lipinski definition) is 0. The van der Waals surface area contributed by atoms with Crippen LogP contribution in [0.15, 0.2) is 53.4 Å². The van der Waals surface area contributed by atoms with Crippen molar-refractivity contribution in [3.63, 3.8) is 0 Å². The highest BCUT2D eigenvalue weighted by Crippen LogP contribution is 2.24. The van der Waals surface area contributed by atoms with Gasteiger partial charge < -0.3 is 8.92 Å². The molecule has 9 heteroatoms. The maximum Gasteiger partial charge on any atom is 0.308 e. The molecule has 0 radical (unpaired) electrons. The van der Waals surface area contributed by atoms with Crippen molar-refractivity contribution in [3.8, 4) is 11.5 Å². The molecule has 0 aliphatic carbocycles. The van der Waals surface area contributed by atoms with E-state index in [4.69, 9.17) is 8.92 Å². The monoisotopic (exact) mass is 427 g/mol. The second-order valence-corrected chi connectivity index (χ2v) is 10.1. The fourth-order valence-electron chi connectivity index (χ4n) is 2.46. The van der Waals surface area contributed by atoms with Crippen LogP contribution in [0.4, 0.5) is 0 Å². The topological polar surface area (TPSA) is 90.0 Å². The van der Waals surface area contributed by atoms with E-state index in [1.165, 1.54) is 42.6 Å². The van der Waals surface area contributed by atoms with Crippen LogP contribution >= 0.6 is 0 Å². The number of rotatable bonds is 9. The van der Waals surface area contributed by atoms with Crippen LogP contribution in [0.2, 0.25) is 0 Å². The molecule has 0 atom stereocenters. The fourth-order valence-corrected chi connectivity index (χ4v) is 4.61. The summed E-state index contributed by atoms with van der Waals surface area (Å²) < 4.78 is 60.6. The molecular formula is C19H25NO6S2. The Morgan fingerprint density at radius 2 is 1.43 bits per heavy atom. The molecule has 0 fully saturated rings. The van der Waals surface area contributed by atoms with Crippen molar-refractivity contribution < 1.29 is 25.8 Å². The highest BCUT2D eigenvalue weighted by molar-refractivity contribution is 7.89. The molecule has 0 bridgehead atoms. The highest BCUT2D eigenvalue weighted by Gasteiger charge is 2.27. The van der Waals surface area contributed by atoms with E-state index in [1.807, 2.05) is 0 Å². The van der Waals surface area contributed by atoms with Gasteiger partial charge in [-0.2, -0.15) is 12.7 Å². The van der Waals surface area contributed by atoms with Crippen LogP contribution in [-0.4, -0.2) is 40.0 Å². The summed E-state index contributed by atoms with van der Waals surface area (Å²) in [4.78, 5) is 0.177. The van der Waals surface area contributed by atoms with Crippen LogP contribution in [0.5, 0.6) is 11.5 Å². The Labute approximate surface area is 167 Å². The summed E-state index contributed by atoms with van der Waals surface area (Å²) >= 11 is 0. The molecule has 0 heterocycles. The minimum atomic E-state index is -3.72. The van der Waals surface area contributed by atoms with E-state index >= 15 is 0 Å². The molecular weight excluding hydrogens is 402 g/mol. The average Bonchev–Trinajstić information content (AvgIpc) is 2.66. The van der Waals surface area contributed by atoms with Crippen LogP contribution in [0.25, 0.3) is 0 Å². The Balaban J connectivity index is 2.24. The third-order valence-corrected chi connectivity index (χ3v) is 7.27. The molecule has 0 amide bonds. The lowest BCUT2D eigenvalue weighted by atomic mass is 10.2. The summed E-state index contributed by atoms with van der Waals surface area (Å²) in [5.74, 6) is 0.642. The van der Waals surface area contributed by atoms with Gasteiger partial charge in [0.15, 0.2) is 0 Å². The van der Waals surface area contributed by atoms with Crippen molar-refractivity contribution in [1.29, 1.82) is 0 Å². The smallest absolute Gasteiger partial charge is 0.308 e. The van der Waals surface area contributed by atoms with Crippen LogP contribution in [0.1, 0.15) is 26.3 Å². The largest absolute Gasteiger partial charge is 0.497 e. The molecule has 2 rings (SSSR count). The third kappa shape index (κ3) is 5.46. The summed E-state index contributed by atoms with van der Waals surface area (Å²) in [7, 11) is -5.80. The van der Waals surface area contributed by atoms with E-state index < -0.39 is 20.1 Å². The van der Waals surface area contributed by atoms with Gasteiger partial charge in [0.2, 0.25) is 10.0 Å². The van der Waals surface area contributed by atoms with Crippen molar-refractivity contribution in [2.45, 2.75) is 38.3 Å². The van der Waals surface area contributed by atoms with Gasteiger partial charge in [-0.05, 0) is 62.7 Å². The van der Waals surface area contributed by atoms with Crippen molar-refractivity contribution in [3.05, 3.63) is 54.1 Å². The maximum absolute atomic E-state index is 13.1. The van der Waals surface area contributed by atoms with Crippen molar-refractivity contribution in [2.24, 2.45) is 0 Å². The summed E-state index contributed by atoms with van der Waals surface area (Å²) in [5, 5.41) is 0. The van der Waals surface area contributed by atoms with Gasteiger partial charge in [-0.3, -0.25) is 0 Å². The number of hydrogen-bond acceptors (Lipinski definition) is 6. The average molecular weight is 428 g/mol. The highest BCUT2D eigenvalue weighted by atomic mass is 32.2. The van der Waals surface area contributed by atoms with E-state index in [-0.39, 0.29) is 29.0 Å². The summed E-state index contributed by atoms with van der Waals surface area (Å²) in [6, 6.07) is 12.3. The first-order chi connectivity index (χ1) is 13.1. The zero-order valence-corrected chi connectivity index (χ0v) is 18.0. The standard InChI is InChI=1S/C19H25NO6S2/c1-5-27(21,22)26-18-8-6-16(7-9-18)14-20(15(2)3)28(23,24)19-12-10-17(25-4)11-13-19/h6-13,15H,5,14H2,1-4H3. The van der Waals surface area contributed by atoms with Gasteiger partial charge >= 0.3 is 10.1 Å². The first-order valence-electron chi connectivity index (χ1n) is 8.76. The fraction of sp³-hybridized carbons (Fsp3) is 0.368. The lowest BCUT2D eigenvalue weighted by Gasteiger charge is -2.26. The number of benzene rings is 2. The molecule has 2 aromatic rings. The summed E-state index contributed by atoms with van der Waals surface area (Å²) in [6.07, 6.45) is 0. The lowest BCUT2D eigenvalue weighted by molar-refractivity contribution is 0.348. The molecule has 0 N–H and O–H groups in total. The number of sulfonamides is 1. The van der Waals surface area contributed by atoms with Gasteiger partial charge in [0, 0.05) is 12.6 Å². The van der Waals surface area contributed by atoms with Crippen molar-refractivity contribution in [1.82, 2.24) is 4.31 Å². The molecule has 2 aromatic carbocycles. The van der Waals surface area contributed by atoms with Gasteiger partial charge in [0.25, 0.3) is 0 Å². The SMILES string of the molecule is CCS(=O)(=O)Oc1ccc(CN(C(C)C)S(=O)(=O)c2ccc(OC)cc2)cc1.